The van der Waals surface area contributed by atoms with E-state index in [-0.39, 0.29) is 13.1 Å². The van der Waals surface area contributed by atoms with E-state index in [0.717, 1.165) is 0 Å². The van der Waals surface area contributed by atoms with Crippen LogP contribution in [0.2, 0.25) is 0 Å². The molecule has 0 fully saturated rings. The van der Waals surface area contributed by atoms with Gasteiger partial charge in [-0.2, -0.15) is 0 Å². The zero-order chi connectivity index (χ0) is 16.7. The molecule has 0 aliphatic rings. The first-order chi connectivity index (χ1) is 11.1. The smallest absolute Gasteiger partial charge is 0.265 e. The molecule has 2 aromatic rings. The van der Waals surface area contributed by atoms with E-state index in [9.17, 15) is 9.90 Å². The Morgan fingerprint density at radius 3 is 1.65 bits per heavy atom. The molecular formula is C20H17NO2. The summed E-state index contributed by atoms with van der Waals surface area (Å²) in [5, 5.41) is 11.3. The lowest BCUT2D eigenvalue weighted by Crippen LogP contribution is -2.48. The van der Waals surface area contributed by atoms with E-state index < -0.39 is 11.5 Å². The molecule has 0 aliphatic heterocycles. The molecule has 2 rings (SSSR count). The molecule has 114 valence electrons. The average Bonchev–Trinajstić information content (AvgIpc) is 2.61. The molecule has 0 unspecified atom stereocenters. The van der Waals surface area contributed by atoms with E-state index in [0.29, 0.717) is 11.1 Å². The number of rotatable bonds is 5. The summed E-state index contributed by atoms with van der Waals surface area (Å²) < 4.78 is 0. The maximum atomic E-state index is 13.0. The van der Waals surface area contributed by atoms with Crippen LogP contribution in [0, 0.1) is 24.7 Å². The van der Waals surface area contributed by atoms with Crippen molar-refractivity contribution >= 4 is 5.91 Å². The molecule has 1 amide bonds. The van der Waals surface area contributed by atoms with Gasteiger partial charge < -0.3 is 10.0 Å². The summed E-state index contributed by atoms with van der Waals surface area (Å²) in [6.07, 6.45) is 10.6. The summed E-state index contributed by atoms with van der Waals surface area (Å²) in [7, 11) is 0. The molecule has 23 heavy (non-hydrogen) atoms. The molecule has 0 aromatic heterocycles. The average molecular weight is 303 g/mol. The number of benzene rings is 2. The van der Waals surface area contributed by atoms with E-state index in [1.165, 1.54) is 4.90 Å². The summed E-state index contributed by atoms with van der Waals surface area (Å²) in [5.41, 5.74) is -0.901. The third-order valence-corrected chi connectivity index (χ3v) is 3.54. The van der Waals surface area contributed by atoms with Crippen molar-refractivity contribution in [2.24, 2.45) is 0 Å². The number of carbonyl (C=O) groups is 1. The molecule has 0 radical (unpaired) electrons. The van der Waals surface area contributed by atoms with Gasteiger partial charge in [-0.1, -0.05) is 72.5 Å². The van der Waals surface area contributed by atoms with Crippen molar-refractivity contribution < 1.29 is 9.90 Å². The van der Waals surface area contributed by atoms with Gasteiger partial charge in [-0.3, -0.25) is 4.79 Å². The van der Waals surface area contributed by atoms with E-state index in [2.05, 4.69) is 11.8 Å². The van der Waals surface area contributed by atoms with Crippen molar-refractivity contribution in [1.29, 1.82) is 0 Å². The Morgan fingerprint density at radius 1 is 0.913 bits per heavy atom. The van der Waals surface area contributed by atoms with Crippen molar-refractivity contribution in [3.63, 3.8) is 0 Å². The fraction of sp³-hybridized carbons (Fsp3) is 0.150. The highest BCUT2D eigenvalue weighted by Gasteiger charge is 2.42. The number of aliphatic hydroxyl groups is 1. The Bertz CT molecular complexity index is 683. The van der Waals surface area contributed by atoms with E-state index in [4.69, 9.17) is 12.8 Å². The third kappa shape index (κ3) is 3.26. The molecule has 3 heteroatoms. The largest absolute Gasteiger partial charge is 0.372 e. The van der Waals surface area contributed by atoms with Gasteiger partial charge in [0.1, 0.15) is 0 Å². The second kappa shape index (κ2) is 7.31. The van der Waals surface area contributed by atoms with Crippen LogP contribution >= 0.6 is 0 Å². The lowest BCUT2D eigenvalue weighted by Gasteiger charge is -2.32. The standard InChI is InChI=1S/C20H17NO2/c1-3-15-21(16-4-2)19(22)20(23,17-11-7-5-8-12-17)18-13-9-6-10-14-18/h1-2,5-14,23H,15-16H2. The van der Waals surface area contributed by atoms with Crippen LogP contribution in [0.15, 0.2) is 60.7 Å². The Labute approximate surface area is 136 Å². The highest BCUT2D eigenvalue weighted by atomic mass is 16.3. The van der Waals surface area contributed by atoms with Crippen molar-refractivity contribution in [2.75, 3.05) is 13.1 Å². The lowest BCUT2D eigenvalue weighted by atomic mass is 9.85. The van der Waals surface area contributed by atoms with Gasteiger partial charge in [0, 0.05) is 0 Å². The molecule has 0 atom stereocenters. The summed E-state index contributed by atoms with van der Waals surface area (Å²) in [6, 6.07) is 17.5. The first kappa shape index (κ1) is 16.4. The number of nitrogens with zero attached hydrogens (tertiary/aromatic N) is 1. The number of hydrogen-bond donors (Lipinski definition) is 1. The van der Waals surface area contributed by atoms with Crippen LogP contribution in [-0.2, 0) is 10.4 Å². The van der Waals surface area contributed by atoms with Crippen LogP contribution in [-0.4, -0.2) is 29.0 Å². The van der Waals surface area contributed by atoms with Crippen LogP contribution < -0.4 is 0 Å². The summed E-state index contributed by atoms with van der Waals surface area (Å²) in [5.74, 6) is 4.28. The van der Waals surface area contributed by atoms with E-state index in [1.54, 1.807) is 48.5 Å². The molecule has 1 N–H and O–H groups in total. The maximum absolute atomic E-state index is 13.0. The second-order valence-corrected chi connectivity index (χ2v) is 5.01. The monoisotopic (exact) mass is 303 g/mol. The highest BCUT2D eigenvalue weighted by Crippen LogP contribution is 2.31. The Morgan fingerprint density at radius 2 is 1.30 bits per heavy atom. The minimum Gasteiger partial charge on any atom is -0.372 e. The van der Waals surface area contributed by atoms with Crippen LogP contribution in [0.3, 0.4) is 0 Å². The molecule has 0 bridgehead atoms. The van der Waals surface area contributed by atoms with Gasteiger partial charge in [0.05, 0.1) is 13.1 Å². The topological polar surface area (TPSA) is 40.5 Å². The van der Waals surface area contributed by atoms with E-state index in [1.807, 2.05) is 12.1 Å². The quantitative estimate of drug-likeness (QED) is 0.859. The van der Waals surface area contributed by atoms with Crippen LogP contribution in [0.5, 0.6) is 0 Å². The van der Waals surface area contributed by atoms with Gasteiger partial charge in [-0.15, -0.1) is 12.8 Å². The zero-order valence-electron chi connectivity index (χ0n) is 12.6. The molecule has 0 saturated heterocycles. The highest BCUT2D eigenvalue weighted by molar-refractivity contribution is 5.90. The second-order valence-electron chi connectivity index (χ2n) is 5.01. The normalized spacial score (nSPS) is 10.4. The Hall–Kier alpha value is -3.01. The zero-order valence-corrected chi connectivity index (χ0v) is 12.6. The Kier molecular flexibility index (Phi) is 5.20. The first-order valence-corrected chi connectivity index (χ1v) is 7.14. The fourth-order valence-corrected chi connectivity index (χ4v) is 2.42. The first-order valence-electron chi connectivity index (χ1n) is 7.14. The lowest BCUT2D eigenvalue weighted by molar-refractivity contribution is -0.146. The summed E-state index contributed by atoms with van der Waals surface area (Å²) in [6.45, 7) is 0.0655. The van der Waals surface area contributed by atoms with Gasteiger partial charge in [-0.25, -0.2) is 0 Å². The molecule has 0 heterocycles. The van der Waals surface area contributed by atoms with E-state index >= 15 is 0 Å². The van der Waals surface area contributed by atoms with Crippen molar-refractivity contribution in [2.45, 2.75) is 5.60 Å². The summed E-state index contributed by atoms with van der Waals surface area (Å²) in [4.78, 5) is 14.3. The van der Waals surface area contributed by atoms with Gasteiger partial charge in [0.15, 0.2) is 5.60 Å². The molecule has 0 aliphatic carbocycles. The summed E-state index contributed by atoms with van der Waals surface area (Å²) >= 11 is 0. The van der Waals surface area contributed by atoms with Crippen molar-refractivity contribution in [3.8, 4) is 24.7 Å². The molecule has 0 spiro atoms. The number of carbonyl (C=O) groups excluding carboxylic acids is 1. The molecular weight excluding hydrogens is 286 g/mol. The van der Waals surface area contributed by atoms with Gasteiger partial charge in [0.25, 0.3) is 5.91 Å². The predicted molar refractivity (Wildman–Crippen MR) is 90.1 cm³/mol. The van der Waals surface area contributed by atoms with Crippen LogP contribution in [0.25, 0.3) is 0 Å². The minimum atomic E-state index is -1.84. The SMILES string of the molecule is C#CCN(CC#C)C(=O)C(O)(c1ccccc1)c1ccccc1. The van der Waals surface area contributed by atoms with Crippen LogP contribution in [0.4, 0.5) is 0 Å². The number of amides is 1. The van der Waals surface area contributed by atoms with Crippen molar-refractivity contribution in [1.82, 2.24) is 4.90 Å². The molecule has 2 aromatic carbocycles. The van der Waals surface area contributed by atoms with Crippen molar-refractivity contribution in [3.05, 3.63) is 71.8 Å². The minimum absolute atomic E-state index is 0.0327. The fourth-order valence-electron chi connectivity index (χ4n) is 2.42. The molecule has 3 nitrogen and oxygen atoms in total. The maximum Gasteiger partial charge on any atom is 0.265 e. The number of terminal acetylenes is 2. The van der Waals surface area contributed by atoms with Gasteiger partial charge in [-0.05, 0) is 11.1 Å². The molecule has 0 saturated carbocycles. The number of hydrogen-bond acceptors (Lipinski definition) is 2. The van der Waals surface area contributed by atoms with Gasteiger partial charge in [0.2, 0.25) is 0 Å². The Balaban J connectivity index is 2.57. The van der Waals surface area contributed by atoms with Gasteiger partial charge >= 0.3 is 0 Å². The van der Waals surface area contributed by atoms with Crippen LogP contribution in [0.1, 0.15) is 11.1 Å². The predicted octanol–water partition coefficient (Wildman–Crippen LogP) is 2.02. The third-order valence-electron chi connectivity index (χ3n) is 3.54.